The quantitative estimate of drug-likeness (QED) is 0.845. The van der Waals surface area contributed by atoms with Crippen molar-refractivity contribution in [1.82, 2.24) is 10.2 Å². The number of nitrogens with two attached hydrogens (primary N) is 1. The van der Waals surface area contributed by atoms with Crippen molar-refractivity contribution in [3.63, 3.8) is 0 Å². The van der Waals surface area contributed by atoms with Crippen molar-refractivity contribution in [1.29, 1.82) is 0 Å². The van der Waals surface area contributed by atoms with Crippen molar-refractivity contribution in [3.05, 3.63) is 35.9 Å². The molecule has 2 fully saturated rings. The van der Waals surface area contributed by atoms with Gasteiger partial charge in [-0.05, 0) is 24.3 Å². The summed E-state index contributed by atoms with van der Waals surface area (Å²) in [6.45, 7) is 1.37. The van der Waals surface area contributed by atoms with Crippen LogP contribution in [0.2, 0.25) is 0 Å². The van der Waals surface area contributed by atoms with E-state index in [1.54, 1.807) is 0 Å². The Morgan fingerprint density at radius 2 is 2.05 bits per heavy atom. The summed E-state index contributed by atoms with van der Waals surface area (Å²) in [5.41, 5.74) is 6.95. The highest BCUT2D eigenvalue weighted by Gasteiger charge is 2.36. The topological polar surface area (TPSA) is 75.4 Å². The molecule has 2 aliphatic heterocycles. The minimum Gasteiger partial charge on any atom is -0.353 e. The largest absolute Gasteiger partial charge is 0.353 e. The number of fused-ring (bicyclic) bond motifs is 1. The molecule has 1 aromatic rings. The minimum absolute atomic E-state index is 0.0171. The number of nitrogens with one attached hydrogen (secondary N) is 1. The van der Waals surface area contributed by atoms with Gasteiger partial charge in [0.25, 0.3) is 0 Å². The van der Waals surface area contributed by atoms with E-state index in [2.05, 4.69) is 5.32 Å². The Morgan fingerprint density at radius 1 is 1.29 bits per heavy atom. The molecular weight excluding hydrogens is 266 g/mol. The first-order valence-corrected chi connectivity index (χ1v) is 7.54. The summed E-state index contributed by atoms with van der Waals surface area (Å²) in [7, 11) is 0. The van der Waals surface area contributed by atoms with Crippen molar-refractivity contribution in [2.45, 2.75) is 31.3 Å². The molecule has 1 aromatic carbocycles. The van der Waals surface area contributed by atoms with Gasteiger partial charge in [0.15, 0.2) is 0 Å². The first-order valence-electron chi connectivity index (χ1n) is 7.54. The van der Waals surface area contributed by atoms with E-state index in [-0.39, 0.29) is 17.9 Å². The third-order valence-electron chi connectivity index (χ3n) is 4.56. The van der Waals surface area contributed by atoms with Crippen LogP contribution >= 0.6 is 0 Å². The number of hydrogen-bond acceptors (Lipinski definition) is 3. The van der Waals surface area contributed by atoms with Gasteiger partial charge in [-0.2, -0.15) is 0 Å². The van der Waals surface area contributed by atoms with Gasteiger partial charge in [-0.3, -0.25) is 9.59 Å². The van der Waals surface area contributed by atoms with Gasteiger partial charge >= 0.3 is 0 Å². The van der Waals surface area contributed by atoms with Crippen LogP contribution in [0.15, 0.2) is 30.3 Å². The number of benzene rings is 1. The normalized spacial score (nSPS) is 26.7. The Labute approximate surface area is 124 Å². The second-order valence-corrected chi connectivity index (χ2v) is 5.93. The van der Waals surface area contributed by atoms with Gasteiger partial charge in [0, 0.05) is 25.6 Å². The average molecular weight is 287 g/mol. The van der Waals surface area contributed by atoms with E-state index in [0.29, 0.717) is 25.4 Å². The van der Waals surface area contributed by atoms with Gasteiger partial charge in [-0.1, -0.05) is 30.3 Å². The van der Waals surface area contributed by atoms with Crippen LogP contribution in [-0.4, -0.2) is 35.8 Å². The molecule has 5 nitrogen and oxygen atoms in total. The molecular formula is C16H21N3O2. The van der Waals surface area contributed by atoms with Gasteiger partial charge in [-0.15, -0.1) is 0 Å². The number of rotatable bonds is 2. The second-order valence-electron chi connectivity index (χ2n) is 5.93. The number of piperidine rings is 2. The van der Waals surface area contributed by atoms with E-state index < -0.39 is 6.04 Å². The number of likely N-dealkylation sites (tertiary alicyclic amines) is 1. The zero-order chi connectivity index (χ0) is 14.8. The fourth-order valence-corrected chi connectivity index (χ4v) is 3.31. The number of carbonyl (C=O) groups excluding carboxylic acids is 2. The predicted molar refractivity (Wildman–Crippen MR) is 79.2 cm³/mol. The summed E-state index contributed by atoms with van der Waals surface area (Å²) in [4.78, 5) is 25.8. The van der Waals surface area contributed by atoms with Crippen molar-refractivity contribution >= 4 is 11.8 Å². The Bertz CT molecular complexity index is 532. The summed E-state index contributed by atoms with van der Waals surface area (Å²) in [5, 5.41) is 3.03. The number of hydrogen-bond donors (Lipinski definition) is 2. The molecule has 0 saturated carbocycles. The summed E-state index contributed by atoms with van der Waals surface area (Å²) >= 11 is 0. The highest BCUT2D eigenvalue weighted by Crippen LogP contribution is 2.26. The molecule has 3 rings (SSSR count). The van der Waals surface area contributed by atoms with E-state index in [4.69, 9.17) is 5.73 Å². The smallest absolute Gasteiger partial charge is 0.244 e. The number of amides is 2. The van der Waals surface area contributed by atoms with E-state index in [1.165, 1.54) is 0 Å². The molecule has 3 atom stereocenters. The monoisotopic (exact) mass is 287 g/mol. The molecule has 0 aromatic heterocycles. The van der Waals surface area contributed by atoms with E-state index >= 15 is 0 Å². The maximum atomic E-state index is 12.6. The Morgan fingerprint density at radius 3 is 2.81 bits per heavy atom. The van der Waals surface area contributed by atoms with Crippen LogP contribution in [0.1, 0.15) is 30.9 Å². The van der Waals surface area contributed by atoms with Crippen molar-refractivity contribution in [2.24, 2.45) is 11.7 Å². The molecule has 3 N–H and O–H groups in total. The maximum absolute atomic E-state index is 12.6. The van der Waals surface area contributed by atoms with Gasteiger partial charge in [-0.25, -0.2) is 0 Å². The molecule has 2 unspecified atom stereocenters. The lowest BCUT2D eigenvalue weighted by atomic mass is 9.85. The SMILES string of the molecule is N[C@@H](C(=O)N1CCC2NC(=O)CCC2C1)c1ccccc1. The van der Waals surface area contributed by atoms with Gasteiger partial charge in [0.1, 0.15) is 6.04 Å². The summed E-state index contributed by atoms with van der Waals surface area (Å²) < 4.78 is 0. The zero-order valence-electron chi connectivity index (χ0n) is 12.0. The molecule has 0 radical (unpaired) electrons. The highest BCUT2D eigenvalue weighted by atomic mass is 16.2. The standard InChI is InChI=1S/C16H21N3O2/c17-15(11-4-2-1-3-5-11)16(21)19-9-8-13-12(10-19)6-7-14(20)18-13/h1-5,12-13,15H,6-10,17H2,(H,18,20)/t12?,13?,15-/m1/s1. The highest BCUT2D eigenvalue weighted by molar-refractivity contribution is 5.83. The summed E-state index contributed by atoms with van der Waals surface area (Å²) in [6, 6.07) is 9.10. The first-order chi connectivity index (χ1) is 10.1. The molecule has 5 heteroatoms. The average Bonchev–Trinajstić information content (AvgIpc) is 2.53. The molecule has 112 valence electrons. The van der Waals surface area contributed by atoms with E-state index in [1.807, 2.05) is 35.2 Å². The van der Waals surface area contributed by atoms with Crippen LogP contribution in [0.3, 0.4) is 0 Å². The van der Waals surface area contributed by atoms with E-state index in [9.17, 15) is 9.59 Å². The molecule has 2 aliphatic rings. The van der Waals surface area contributed by atoms with Crippen LogP contribution in [0, 0.1) is 5.92 Å². The lowest BCUT2D eigenvalue weighted by molar-refractivity contribution is -0.136. The minimum atomic E-state index is -0.596. The number of nitrogens with zero attached hydrogens (tertiary/aromatic N) is 1. The van der Waals surface area contributed by atoms with Crippen LogP contribution in [0.4, 0.5) is 0 Å². The molecule has 0 spiro atoms. The van der Waals surface area contributed by atoms with Gasteiger partial charge in [0.05, 0.1) is 0 Å². The molecule has 0 aliphatic carbocycles. The molecule has 2 amide bonds. The summed E-state index contributed by atoms with van der Waals surface area (Å²) in [5.74, 6) is 0.483. The zero-order valence-corrected chi connectivity index (χ0v) is 12.0. The Hall–Kier alpha value is -1.88. The van der Waals surface area contributed by atoms with Gasteiger partial charge in [0.2, 0.25) is 11.8 Å². The lowest BCUT2D eigenvalue weighted by Crippen LogP contribution is -2.56. The first kappa shape index (κ1) is 14.1. The van der Waals surface area contributed by atoms with Crippen LogP contribution in [0.5, 0.6) is 0 Å². The van der Waals surface area contributed by atoms with Crippen molar-refractivity contribution < 1.29 is 9.59 Å². The lowest BCUT2D eigenvalue weighted by Gasteiger charge is -2.42. The maximum Gasteiger partial charge on any atom is 0.244 e. The molecule has 21 heavy (non-hydrogen) atoms. The molecule has 0 bridgehead atoms. The number of carbonyl (C=O) groups is 2. The fourth-order valence-electron chi connectivity index (χ4n) is 3.31. The van der Waals surface area contributed by atoms with E-state index in [0.717, 1.165) is 18.4 Å². The third kappa shape index (κ3) is 2.93. The molecule has 2 heterocycles. The predicted octanol–water partition coefficient (Wildman–Crippen LogP) is 0.814. The Kier molecular flexibility index (Phi) is 3.92. The van der Waals surface area contributed by atoms with Crippen LogP contribution in [0.25, 0.3) is 0 Å². The van der Waals surface area contributed by atoms with Crippen LogP contribution in [-0.2, 0) is 9.59 Å². The Balaban J connectivity index is 1.65. The molecule has 2 saturated heterocycles. The van der Waals surface area contributed by atoms with Crippen molar-refractivity contribution in [3.8, 4) is 0 Å². The second kappa shape index (κ2) is 5.85. The fraction of sp³-hybridized carbons (Fsp3) is 0.500. The van der Waals surface area contributed by atoms with Gasteiger partial charge < -0.3 is 16.0 Å². The summed E-state index contributed by atoms with van der Waals surface area (Å²) in [6.07, 6.45) is 2.25. The third-order valence-corrected chi connectivity index (χ3v) is 4.56. The van der Waals surface area contributed by atoms with Crippen LogP contribution < -0.4 is 11.1 Å². The van der Waals surface area contributed by atoms with Crippen molar-refractivity contribution in [2.75, 3.05) is 13.1 Å².